The summed E-state index contributed by atoms with van der Waals surface area (Å²) in [6, 6.07) is 4.32. The summed E-state index contributed by atoms with van der Waals surface area (Å²) in [4.78, 5) is 0. The van der Waals surface area contributed by atoms with Crippen LogP contribution in [0.15, 0.2) is 22.8 Å². The molecule has 1 unspecified atom stereocenters. The second kappa shape index (κ2) is 4.84. The van der Waals surface area contributed by atoms with Crippen molar-refractivity contribution in [3.05, 3.63) is 24.2 Å². The second-order valence-electron chi connectivity index (χ2n) is 2.82. The van der Waals surface area contributed by atoms with E-state index in [1.54, 1.807) is 12.1 Å². The Balaban J connectivity index is 2.34. The van der Waals surface area contributed by atoms with Crippen LogP contribution in [-0.2, 0) is 11.3 Å². The number of ether oxygens (including phenoxy) is 1. The Morgan fingerprint density at radius 3 is 2.73 bits per heavy atom. The molecule has 1 atom stereocenters. The van der Waals surface area contributed by atoms with Gasteiger partial charge in [0, 0.05) is 0 Å². The molecule has 0 amide bonds. The summed E-state index contributed by atoms with van der Waals surface area (Å²) in [7, 11) is 0. The third-order valence-electron chi connectivity index (χ3n) is 1.66. The van der Waals surface area contributed by atoms with E-state index in [2.05, 4.69) is 0 Å². The van der Waals surface area contributed by atoms with Crippen LogP contribution in [0, 0.1) is 17.2 Å². The summed E-state index contributed by atoms with van der Waals surface area (Å²) in [5, 5.41) is 8.25. The molecule has 0 aromatic carbocycles. The van der Waals surface area contributed by atoms with Gasteiger partial charge in [0.2, 0.25) is 0 Å². The number of furan rings is 1. The Bertz CT molecular complexity index is 326. The van der Waals surface area contributed by atoms with Gasteiger partial charge in [-0.15, -0.1) is 0 Å². The van der Waals surface area contributed by atoms with Gasteiger partial charge in [-0.25, -0.2) is 0 Å². The first-order valence-electron chi connectivity index (χ1n) is 4.10. The van der Waals surface area contributed by atoms with E-state index in [1.807, 2.05) is 0 Å². The first kappa shape index (κ1) is 11.6. The topological polar surface area (TPSA) is 46.2 Å². The van der Waals surface area contributed by atoms with Crippen LogP contribution < -0.4 is 0 Å². The molecule has 0 saturated heterocycles. The van der Waals surface area contributed by atoms with Crippen molar-refractivity contribution in [3.63, 3.8) is 0 Å². The molecule has 0 aliphatic heterocycles. The number of nitrogens with zero attached hydrogens (tertiary/aromatic N) is 1. The van der Waals surface area contributed by atoms with Crippen LogP contribution >= 0.6 is 0 Å². The summed E-state index contributed by atoms with van der Waals surface area (Å²) < 4.78 is 45.7. The molecule has 0 aliphatic rings. The molecule has 0 N–H and O–H groups in total. The minimum absolute atomic E-state index is 0.0682. The van der Waals surface area contributed by atoms with Crippen LogP contribution in [0.1, 0.15) is 5.76 Å². The molecule has 0 saturated carbocycles. The van der Waals surface area contributed by atoms with E-state index >= 15 is 0 Å². The largest absolute Gasteiger partial charge is 0.467 e. The zero-order valence-electron chi connectivity index (χ0n) is 7.62. The van der Waals surface area contributed by atoms with E-state index in [0.717, 1.165) is 6.07 Å². The maximum atomic E-state index is 12.1. The normalized spacial score (nSPS) is 13.5. The standard InChI is InChI=1S/C9H8F3NO2/c10-9(11,12)7(4-13)5-14-6-8-2-1-3-15-8/h1-3,7H,5-6H2. The predicted molar refractivity (Wildman–Crippen MR) is 43.5 cm³/mol. The van der Waals surface area contributed by atoms with Crippen molar-refractivity contribution in [1.82, 2.24) is 0 Å². The van der Waals surface area contributed by atoms with Crippen LogP contribution in [0.5, 0.6) is 0 Å². The molecule has 1 heterocycles. The predicted octanol–water partition coefficient (Wildman–Crippen LogP) is 2.50. The fraction of sp³-hybridized carbons (Fsp3) is 0.444. The zero-order valence-corrected chi connectivity index (χ0v) is 7.62. The molecule has 1 rings (SSSR count). The van der Waals surface area contributed by atoms with Gasteiger partial charge in [-0.05, 0) is 12.1 Å². The minimum atomic E-state index is -4.54. The Morgan fingerprint density at radius 2 is 2.27 bits per heavy atom. The third-order valence-corrected chi connectivity index (χ3v) is 1.66. The summed E-state index contributed by atoms with van der Waals surface area (Å²) in [5.74, 6) is -1.67. The highest BCUT2D eigenvalue weighted by molar-refractivity contribution is 4.96. The lowest BCUT2D eigenvalue weighted by molar-refractivity contribution is -0.172. The number of alkyl halides is 3. The van der Waals surface area contributed by atoms with Crippen LogP contribution in [0.4, 0.5) is 13.2 Å². The molecule has 0 aliphatic carbocycles. The van der Waals surface area contributed by atoms with E-state index in [0.29, 0.717) is 5.76 Å². The molecule has 0 spiro atoms. The van der Waals surface area contributed by atoms with Crippen LogP contribution in [0.2, 0.25) is 0 Å². The van der Waals surface area contributed by atoms with Crippen LogP contribution in [0.25, 0.3) is 0 Å². The summed E-state index contributed by atoms with van der Waals surface area (Å²) >= 11 is 0. The van der Waals surface area contributed by atoms with E-state index in [-0.39, 0.29) is 6.61 Å². The van der Waals surface area contributed by atoms with Crippen molar-refractivity contribution in [2.75, 3.05) is 6.61 Å². The fourth-order valence-corrected chi connectivity index (χ4v) is 0.877. The maximum absolute atomic E-state index is 12.1. The number of nitriles is 1. The first-order valence-corrected chi connectivity index (χ1v) is 4.10. The van der Waals surface area contributed by atoms with E-state index in [9.17, 15) is 13.2 Å². The molecule has 0 bridgehead atoms. The lowest BCUT2D eigenvalue weighted by atomic mass is 10.2. The number of halogens is 3. The Labute approximate surface area is 84.1 Å². The highest BCUT2D eigenvalue weighted by Crippen LogP contribution is 2.25. The van der Waals surface area contributed by atoms with Crippen molar-refractivity contribution in [2.24, 2.45) is 5.92 Å². The molecule has 0 fully saturated rings. The molecule has 1 aromatic rings. The quantitative estimate of drug-likeness (QED) is 0.781. The second-order valence-corrected chi connectivity index (χ2v) is 2.82. The van der Waals surface area contributed by atoms with Crippen molar-refractivity contribution in [1.29, 1.82) is 5.26 Å². The minimum Gasteiger partial charge on any atom is -0.467 e. The molecule has 0 radical (unpaired) electrons. The van der Waals surface area contributed by atoms with Gasteiger partial charge in [-0.3, -0.25) is 0 Å². The van der Waals surface area contributed by atoms with Gasteiger partial charge in [-0.1, -0.05) is 0 Å². The van der Waals surface area contributed by atoms with Gasteiger partial charge in [0.1, 0.15) is 12.4 Å². The molecule has 3 nitrogen and oxygen atoms in total. The SMILES string of the molecule is N#CC(COCc1ccco1)C(F)(F)F. The average molecular weight is 219 g/mol. The lowest BCUT2D eigenvalue weighted by Gasteiger charge is -2.12. The van der Waals surface area contributed by atoms with Crippen molar-refractivity contribution >= 4 is 0 Å². The van der Waals surface area contributed by atoms with Crippen molar-refractivity contribution in [3.8, 4) is 6.07 Å². The van der Waals surface area contributed by atoms with Crippen LogP contribution in [0.3, 0.4) is 0 Å². The molecular weight excluding hydrogens is 211 g/mol. The van der Waals surface area contributed by atoms with Crippen LogP contribution in [-0.4, -0.2) is 12.8 Å². The zero-order chi connectivity index (χ0) is 11.3. The summed E-state index contributed by atoms with van der Waals surface area (Å²) in [6.45, 7) is -0.748. The lowest BCUT2D eigenvalue weighted by Crippen LogP contribution is -2.25. The van der Waals surface area contributed by atoms with Gasteiger partial charge in [0.05, 0.1) is 18.9 Å². The number of rotatable bonds is 4. The van der Waals surface area contributed by atoms with Crippen molar-refractivity contribution < 1.29 is 22.3 Å². The Morgan fingerprint density at radius 1 is 1.53 bits per heavy atom. The smallest absolute Gasteiger partial charge is 0.406 e. The van der Waals surface area contributed by atoms with E-state index in [4.69, 9.17) is 14.4 Å². The highest BCUT2D eigenvalue weighted by atomic mass is 19.4. The number of hydrogen-bond acceptors (Lipinski definition) is 3. The first-order chi connectivity index (χ1) is 7.04. The molecule has 15 heavy (non-hydrogen) atoms. The van der Waals surface area contributed by atoms with Gasteiger partial charge in [-0.2, -0.15) is 18.4 Å². The monoisotopic (exact) mass is 219 g/mol. The molecule has 1 aromatic heterocycles. The summed E-state index contributed by atoms with van der Waals surface area (Å²) in [6.07, 6.45) is -3.15. The Kier molecular flexibility index (Phi) is 3.74. The summed E-state index contributed by atoms with van der Waals surface area (Å²) in [5.41, 5.74) is 0. The Hall–Kier alpha value is -1.48. The van der Waals surface area contributed by atoms with Gasteiger partial charge in [0.25, 0.3) is 0 Å². The number of hydrogen-bond donors (Lipinski definition) is 0. The molecular formula is C9H8F3NO2. The molecule has 82 valence electrons. The van der Waals surface area contributed by atoms with Gasteiger partial charge >= 0.3 is 6.18 Å². The van der Waals surface area contributed by atoms with E-state index < -0.39 is 18.7 Å². The fourth-order valence-electron chi connectivity index (χ4n) is 0.877. The maximum Gasteiger partial charge on any atom is 0.406 e. The van der Waals surface area contributed by atoms with E-state index in [1.165, 1.54) is 6.26 Å². The molecule has 6 heteroatoms. The van der Waals surface area contributed by atoms with Gasteiger partial charge < -0.3 is 9.15 Å². The average Bonchev–Trinajstić information content (AvgIpc) is 2.62. The van der Waals surface area contributed by atoms with Gasteiger partial charge in [0.15, 0.2) is 5.92 Å². The highest BCUT2D eigenvalue weighted by Gasteiger charge is 2.40. The third kappa shape index (κ3) is 3.64. The van der Waals surface area contributed by atoms with Crippen molar-refractivity contribution in [2.45, 2.75) is 12.8 Å².